The van der Waals surface area contributed by atoms with Crippen molar-refractivity contribution in [2.45, 2.75) is 52.1 Å². The third-order valence-corrected chi connectivity index (χ3v) is 5.66. The van der Waals surface area contributed by atoms with E-state index in [2.05, 4.69) is 25.3 Å². The quantitative estimate of drug-likeness (QED) is 0.576. The van der Waals surface area contributed by atoms with Crippen molar-refractivity contribution in [2.75, 3.05) is 18.4 Å². The zero-order chi connectivity index (χ0) is 25.5. The van der Waals surface area contributed by atoms with Crippen LogP contribution < -0.4 is 10.9 Å². The van der Waals surface area contributed by atoms with Crippen molar-refractivity contribution in [3.05, 3.63) is 57.4 Å². The first-order valence-corrected chi connectivity index (χ1v) is 11.1. The summed E-state index contributed by atoms with van der Waals surface area (Å²) >= 11 is 0. The fraction of sp³-hybridized carbons (Fsp3) is 0.435. The van der Waals surface area contributed by atoms with Gasteiger partial charge in [0.05, 0.1) is 29.2 Å². The number of aromatic amines is 1. The first kappa shape index (κ1) is 24.6. The van der Waals surface area contributed by atoms with Crippen LogP contribution in [0, 0.1) is 6.92 Å². The number of nitrogens with zero attached hydrogens (tertiary/aromatic N) is 4. The molecule has 2 N–H and O–H groups in total. The second kappa shape index (κ2) is 9.25. The second-order valence-corrected chi connectivity index (χ2v) is 8.71. The zero-order valence-corrected chi connectivity index (χ0v) is 19.6. The summed E-state index contributed by atoms with van der Waals surface area (Å²) in [5.41, 5.74) is -1.85. The molecule has 1 aliphatic heterocycles. The van der Waals surface area contributed by atoms with Gasteiger partial charge in [0.1, 0.15) is 11.6 Å². The number of carbonyl (C=O) groups is 1. The van der Waals surface area contributed by atoms with Gasteiger partial charge in [-0.3, -0.25) is 9.59 Å². The predicted molar refractivity (Wildman–Crippen MR) is 122 cm³/mol. The molecule has 0 radical (unpaired) electrons. The number of hydrogen-bond donors (Lipinski definition) is 2. The highest BCUT2D eigenvalue weighted by Gasteiger charge is 2.37. The van der Waals surface area contributed by atoms with Crippen LogP contribution in [-0.2, 0) is 10.9 Å². The van der Waals surface area contributed by atoms with E-state index < -0.39 is 23.5 Å². The minimum atomic E-state index is -4.76. The maximum atomic E-state index is 13.8. The molecule has 0 saturated carbocycles. The zero-order valence-electron chi connectivity index (χ0n) is 19.6. The summed E-state index contributed by atoms with van der Waals surface area (Å²) in [5, 5.41) is 2.85. The first-order chi connectivity index (χ1) is 16.4. The van der Waals surface area contributed by atoms with Crippen LogP contribution >= 0.6 is 0 Å². The van der Waals surface area contributed by atoms with E-state index in [1.807, 2.05) is 13.8 Å². The number of alkyl halides is 3. The summed E-state index contributed by atoms with van der Waals surface area (Å²) < 4.78 is 47.0. The molecule has 0 spiro atoms. The van der Waals surface area contributed by atoms with Crippen LogP contribution in [0.25, 0.3) is 11.0 Å². The highest BCUT2D eigenvalue weighted by atomic mass is 19.4. The molecule has 4 rings (SSSR count). The Kier molecular flexibility index (Phi) is 6.50. The van der Waals surface area contributed by atoms with Crippen molar-refractivity contribution in [3.8, 4) is 0 Å². The van der Waals surface area contributed by atoms with Crippen molar-refractivity contribution in [3.63, 3.8) is 0 Å². The van der Waals surface area contributed by atoms with Crippen LogP contribution in [0.15, 0.2) is 29.2 Å². The number of aromatic nitrogens is 4. The van der Waals surface area contributed by atoms with E-state index in [1.54, 1.807) is 11.0 Å². The predicted octanol–water partition coefficient (Wildman–Crippen LogP) is 3.46. The van der Waals surface area contributed by atoms with E-state index in [4.69, 9.17) is 4.74 Å². The van der Waals surface area contributed by atoms with Crippen LogP contribution in [0.1, 0.15) is 54.3 Å². The molecule has 9 nitrogen and oxygen atoms in total. The van der Waals surface area contributed by atoms with Gasteiger partial charge in [-0.1, -0.05) is 0 Å². The minimum absolute atomic E-state index is 0.0462. The largest absolute Gasteiger partial charge is 0.433 e. The van der Waals surface area contributed by atoms with E-state index in [0.717, 1.165) is 6.07 Å². The van der Waals surface area contributed by atoms with Gasteiger partial charge in [0.25, 0.3) is 11.5 Å². The van der Waals surface area contributed by atoms with E-state index >= 15 is 0 Å². The Balaban J connectivity index is 1.59. The maximum Gasteiger partial charge on any atom is 0.433 e. The highest BCUT2D eigenvalue weighted by molar-refractivity contribution is 5.94. The molecule has 186 valence electrons. The number of hydrogen-bond acceptors (Lipinski definition) is 7. The Morgan fingerprint density at radius 2 is 1.91 bits per heavy atom. The molecule has 1 aliphatic rings. The first-order valence-electron chi connectivity index (χ1n) is 11.1. The monoisotopic (exact) mass is 490 g/mol. The van der Waals surface area contributed by atoms with Gasteiger partial charge < -0.3 is 19.9 Å². The third-order valence-electron chi connectivity index (χ3n) is 5.66. The van der Waals surface area contributed by atoms with Crippen LogP contribution in [0.3, 0.4) is 0 Å². The van der Waals surface area contributed by atoms with Crippen LogP contribution in [-0.4, -0.2) is 56.0 Å². The number of ether oxygens (including phenoxy) is 1. The highest BCUT2D eigenvalue weighted by Crippen LogP contribution is 2.35. The number of rotatable bonds is 4. The number of aryl methyl sites for hydroxylation is 1. The van der Waals surface area contributed by atoms with Crippen LogP contribution in [0.4, 0.5) is 19.0 Å². The SMILES string of the molecule is Cc1nc2nc(C(F)(F)F)c([C@H](C)Nc3ccc(C(=O)N4C[C@@H](C)O[C@@H](C)C4)cn3)cc2c(=O)[nH]1. The van der Waals surface area contributed by atoms with Gasteiger partial charge in [0.2, 0.25) is 0 Å². The maximum absolute atomic E-state index is 13.8. The minimum Gasteiger partial charge on any atom is -0.372 e. The molecule has 1 saturated heterocycles. The fourth-order valence-corrected chi connectivity index (χ4v) is 4.18. The van der Waals surface area contributed by atoms with Crippen LogP contribution in [0.2, 0.25) is 0 Å². The molecule has 4 heterocycles. The lowest BCUT2D eigenvalue weighted by atomic mass is 10.0. The van der Waals surface area contributed by atoms with Crippen molar-refractivity contribution >= 4 is 22.8 Å². The average molecular weight is 490 g/mol. The summed E-state index contributed by atoms with van der Waals surface area (Å²) in [5.74, 6) is 0.239. The van der Waals surface area contributed by atoms with Gasteiger partial charge >= 0.3 is 6.18 Å². The van der Waals surface area contributed by atoms with Crippen LogP contribution in [0.5, 0.6) is 0 Å². The number of amides is 1. The Bertz CT molecular complexity index is 1300. The number of morpholine rings is 1. The Morgan fingerprint density at radius 1 is 1.23 bits per heavy atom. The van der Waals surface area contributed by atoms with Gasteiger partial charge in [-0.25, -0.2) is 15.0 Å². The van der Waals surface area contributed by atoms with E-state index in [0.29, 0.717) is 18.7 Å². The second-order valence-electron chi connectivity index (χ2n) is 8.71. The molecule has 1 fully saturated rings. The lowest BCUT2D eigenvalue weighted by molar-refractivity contribution is -0.141. The molecule has 0 bridgehead atoms. The molecule has 3 atom stereocenters. The Labute approximate surface area is 198 Å². The summed E-state index contributed by atoms with van der Waals surface area (Å²) in [6, 6.07) is 3.33. The number of pyridine rings is 2. The number of H-pyrrole nitrogens is 1. The van der Waals surface area contributed by atoms with E-state index in [-0.39, 0.29) is 46.4 Å². The van der Waals surface area contributed by atoms with E-state index in [9.17, 15) is 22.8 Å². The van der Waals surface area contributed by atoms with Gasteiger partial charge in [-0.15, -0.1) is 0 Å². The topological polar surface area (TPSA) is 113 Å². The molecule has 0 aromatic carbocycles. The molecule has 3 aromatic heterocycles. The molecule has 35 heavy (non-hydrogen) atoms. The van der Waals surface area contributed by atoms with Crippen molar-refractivity contribution in [1.82, 2.24) is 24.8 Å². The van der Waals surface area contributed by atoms with E-state index in [1.165, 1.54) is 26.1 Å². The molecule has 12 heteroatoms. The molecular weight excluding hydrogens is 465 g/mol. The number of halogens is 3. The van der Waals surface area contributed by atoms with Gasteiger partial charge in [-0.05, 0) is 45.9 Å². The number of fused-ring (bicyclic) bond motifs is 1. The van der Waals surface area contributed by atoms with Crippen molar-refractivity contribution in [2.24, 2.45) is 0 Å². The molecule has 3 aromatic rings. The lowest BCUT2D eigenvalue weighted by Gasteiger charge is -2.35. The summed E-state index contributed by atoms with van der Waals surface area (Å²) in [7, 11) is 0. The smallest absolute Gasteiger partial charge is 0.372 e. The molecular formula is C23H25F3N6O3. The molecule has 0 aliphatic carbocycles. The molecule has 0 unspecified atom stereocenters. The van der Waals surface area contributed by atoms with Crippen molar-refractivity contribution < 1.29 is 22.7 Å². The number of nitrogens with one attached hydrogen (secondary N) is 2. The third kappa shape index (κ3) is 5.26. The van der Waals surface area contributed by atoms with Gasteiger partial charge in [0, 0.05) is 24.8 Å². The summed E-state index contributed by atoms with van der Waals surface area (Å²) in [6.07, 6.45) is -3.54. The van der Waals surface area contributed by atoms with Crippen molar-refractivity contribution in [1.29, 1.82) is 0 Å². The normalized spacial score (nSPS) is 19.6. The average Bonchev–Trinajstić information content (AvgIpc) is 2.77. The number of anilines is 1. The van der Waals surface area contributed by atoms with Gasteiger partial charge in [0.15, 0.2) is 11.3 Å². The Hall–Kier alpha value is -3.54. The number of carbonyl (C=O) groups excluding carboxylic acids is 1. The Morgan fingerprint density at radius 3 is 2.51 bits per heavy atom. The summed E-state index contributed by atoms with van der Waals surface area (Å²) in [6.45, 7) is 7.68. The summed E-state index contributed by atoms with van der Waals surface area (Å²) in [4.78, 5) is 41.0. The molecule has 1 amide bonds. The van der Waals surface area contributed by atoms with Gasteiger partial charge in [-0.2, -0.15) is 13.2 Å². The fourth-order valence-electron chi connectivity index (χ4n) is 4.18. The standard InChI is InChI=1S/C23H25F3N6O3/c1-11-9-32(10-12(2)35-11)22(34)15-5-6-18(27-8-15)28-13(3)16-7-17-20(29-14(4)30-21(17)33)31-19(16)23(24,25)26/h5-8,11-13H,9-10H2,1-4H3,(H,27,28)(H,29,30,31,33)/t11-,12+,13-/m0/s1. The lowest BCUT2D eigenvalue weighted by Crippen LogP contribution is -2.48.